The van der Waals surface area contributed by atoms with Gasteiger partial charge in [-0.25, -0.2) is 9.59 Å². The van der Waals surface area contributed by atoms with Crippen LogP contribution in [0.3, 0.4) is 0 Å². The molecular formula is C41H82N6O6. The summed E-state index contributed by atoms with van der Waals surface area (Å²) in [5.74, 6) is -0.0684. The van der Waals surface area contributed by atoms with Gasteiger partial charge >= 0.3 is 12.1 Å². The van der Waals surface area contributed by atoms with Crippen molar-refractivity contribution < 1.29 is 28.8 Å². The van der Waals surface area contributed by atoms with E-state index in [4.69, 9.17) is 11.5 Å². The van der Waals surface area contributed by atoms with Crippen molar-refractivity contribution in [1.29, 1.82) is 0 Å². The minimum Gasteiger partial charge on any atom is -0.352 e. The Bertz CT molecular complexity index is 1070. The second kappa shape index (κ2) is 23.7. The number of carbonyl (C=O) groups excluding carboxylic acids is 6. The number of ketones is 3. The summed E-state index contributed by atoms with van der Waals surface area (Å²) in [5.41, 5.74) is 8.93. The second-order valence-corrected chi connectivity index (χ2v) is 19.3. The molecule has 0 aliphatic rings. The molecule has 0 heterocycles. The first-order valence-electron chi connectivity index (χ1n) is 19.1. The van der Waals surface area contributed by atoms with Gasteiger partial charge in [0.05, 0.1) is 12.1 Å². The van der Waals surface area contributed by atoms with Crippen LogP contribution >= 0.6 is 0 Å². The van der Waals surface area contributed by atoms with Crippen LogP contribution in [-0.2, 0) is 19.2 Å². The van der Waals surface area contributed by atoms with Gasteiger partial charge in [0.15, 0.2) is 11.6 Å². The highest BCUT2D eigenvalue weighted by atomic mass is 16.2. The van der Waals surface area contributed by atoms with Gasteiger partial charge in [-0.2, -0.15) is 0 Å². The number of hydrogen-bond acceptors (Lipinski definition) is 7. The molecule has 0 saturated heterocycles. The fourth-order valence-corrected chi connectivity index (χ4v) is 5.83. The van der Waals surface area contributed by atoms with Gasteiger partial charge in [-0.15, -0.1) is 0 Å². The van der Waals surface area contributed by atoms with Gasteiger partial charge in [-0.1, -0.05) is 97.4 Å². The largest absolute Gasteiger partial charge is 0.352 e. The molecule has 53 heavy (non-hydrogen) atoms. The summed E-state index contributed by atoms with van der Waals surface area (Å²) in [6.45, 7) is 32.5. The molecular weight excluding hydrogens is 672 g/mol. The summed E-state index contributed by atoms with van der Waals surface area (Å²) in [6.07, 6.45) is 3.20. The third-order valence-electron chi connectivity index (χ3n) is 8.50. The molecule has 12 heteroatoms. The van der Waals surface area contributed by atoms with Gasteiger partial charge in [0.1, 0.15) is 5.78 Å². The lowest BCUT2D eigenvalue weighted by atomic mass is 9.77. The van der Waals surface area contributed by atoms with E-state index in [1.54, 1.807) is 0 Å². The Morgan fingerprint density at radius 3 is 1.40 bits per heavy atom. The van der Waals surface area contributed by atoms with Crippen LogP contribution in [0, 0.1) is 39.9 Å². The third-order valence-corrected chi connectivity index (χ3v) is 8.50. The van der Waals surface area contributed by atoms with Gasteiger partial charge < -0.3 is 32.7 Å². The van der Waals surface area contributed by atoms with Crippen LogP contribution in [0.1, 0.15) is 157 Å². The molecule has 0 aromatic rings. The maximum Gasteiger partial charge on any atom is 0.312 e. The normalized spacial score (nSPS) is 14.5. The standard InChI is InChI=1S/2C20H39N3O3.CH4/c1-13(2)14(12-19(3,4)5)17(25)23-15(16(24)20(6,7)8)10-9-11-22-18(21)26;1-13(2)16(23-20(6,7)8)15(24)12-14(17(25)19(3,4)5)10-9-11-22-18(21)26;/h13-15H,9-12H2,1-8H3,(H,23,25)(H3,21,22,26);13-14,16,23H,9-12H2,1-8H3,(H3,21,22,26);1H4. The maximum atomic E-state index is 12.9. The molecule has 0 aliphatic heterocycles. The van der Waals surface area contributed by atoms with E-state index in [1.165, 1.54) is 0 Å². The van der Waals surface area contributed by atoms with Crippen molar-refractivity contribution in [3.05, 3.63) is 0 Å². The zero-order valence-corrected chi connectivity index (χ0v) is 35.7. The van der Waals surface area contributed by atoms with Gasteiger partial charge in [0, 0.05) is 47.7 Å². The Morgan fingerprint density at radius 2 is 1.06 bits per heavy atom. The van der Waals surface area contributed by atoms with Crippen molar-refractivity contribution in [3.8, 4) is 0 Å². The summed E-state index contributed by atoms with van der Waals surface area (Å²) < 4.78 is 0. The monoisotopic (exact) mass is 755 g/mol. The maximum absolute atomic E-state index is 12.9. The van der Waals surface area contributed by atoms with E-state index in [-0.39, 0.29) is 77.8 Å². The van der Waals surface area contributed by atoms with Crippen molar-refractivity contribution >= 4 is 35.3 Å². The molecule has 12 nitrogen and oxygen atoms in total. The van der Waals surface area contributed by atoms with Crippen LogP contribution in [0.2, 0.25) is 0 Å². The SMILES string of the molecule is C.CC(C)C(CC(C)(C)C)C(=O)NC(CCCNC(N)=O)C(=O)C(C)(C)C.CC(C)C(NC(C)(C)C)C(=O)CC(CCCNC(N)=O)C(=O)C(C)(C)C. The molecule has 0 aromatic carbocycles. The Hall–Kier alpha value is -3.02. The van der Waals surface area contributed by atoms with E-state index in [0.717, 1.165) is 6.42 Å². The van der Waals surface area contributed by atoms with E-state index in [0.29, 0.717) is 38.8 Å². The molecule has 0 bridgehead atoms. The van der Waals surface area contributed by atoms with Gasteiger partial charge in [0.2, 0.25) is 5.91 Å². The van der Waals surface area contributed by atoms with Crippen molar-refractivity contribution in [2.24, 2.45) is 51.4 Å². The number of hydrogen-bond donors (Lipinski definition) is 6. The highest BCUT2D eigenvalue weighted by Crippen LogP contribution is 2.30. The van der Waals surface area contributed by atoms with Crippen LogP contribution in [0.25, 0.3) is 0 Å². The van der Waals surface area contributed by atoms with Gasteiger partial charge in [-0.3, -0.25) is 19.2 Å². The zero-order chi connectivity index (χ0) is 41.4. The van der Waals surface area contributed by atoms with Crippen molar-refractivity contribution in [3.63, 3.8) is 0 Å². The molecule has 0 spiro atoms. The molecule has 0 saturated carbocycles. The van der Waals surface area contributed by atoms with Crippen molar-refractivity contribution in [1.82, 2.24) is 21.3 Å². The predicted molar refractivity (Wildman–Crippen MR) is 218 cm³/mol. The fourth-order valence-electron chi connectivity index (χ4n) is 5.83. The van der Waals surface area contributed by atoms with Crippen LogP contribution in [-0.4, -0.2) is 66.0 Å². The van der Waals surface area contributed by atoms with E-state index in [1.807, 2.05) is 90.0 Å². The lowest BCUT2D eigenvalue weighted by Gasteiger charge is -2.32. The van der Waals surface area contributed by atoms with Gasteiger partial charge in [-0.05, 0) is 70.1 Å². The highest BCUT2D eigenvalue weighted by molar-refractivity contribution is 5.93. The van der Waals surface area contributed by atoms with E-state index >= 15 is 0 Å². The number of nitrogens with one attached hydrogen (secondary N) is 4. The number of nitrogens with two attached hydrogens (primary N) is 2. The number of amides is 5. The number of urea groups is 2. The zero-order valence-electron chi connectivity index (χ0n) is 35.7. The number of primary amides is 2. The average Bonchev–Trinajstić information content (AvgIpc) is 2.94. The van der Waals surface area contributed by atoms with Crippen LogP contribution in [0.4, 0.5) is 9.59 Å². The molecule has 4 atom stereocenters. The lowest BCUT2D eigenvalue weighted by molar-refractivity contribution is -0.135. The van der Waals surface area contributed by atoms with Crippen LogP contribution in [0.15, 0.2) is 0 Å². The first-order valence-corrected chi connectivity index (χ1v) is 19.1. The molecule has 0 radical (unpaired) electrons. The molecule has 0 fully saturated rings. The Balaban J connectivity index is -0.000000926. The summed E-state index contributed by atoms with van der Waals surface area (Å²) in [4.78, 5) is 73.0. The smallest absolute Gasteiger partial charge is 0.312 e. The predicted octanol–water partition coefficient (Wildman–Crippen LogP) is 6.92. The third kappa shape index (κ3) is 25.6. The number of carbonyl (C=O) groups is 6. The molecule has 0 rings (SSSR count). The number of rotatable bonds is 19. The summed E-state index contributed by atoms with van der Waals surface area (Å²) in [7, 11) is 0. The molecule has 0 aliphatic carbocycles. The van der Waals surface area contributed by atoms with E-state index in [9.17, 15) is 28.8 Å². The van der Waals surface area contributed by atoms with Crippen LogP contribution in [0.5, 0.6) is 0 Å². The quantitative estimate of drug-likeness (QED) is 0.0768. The lowest BCUT2D eigenvalue weighted by Crippen LogP contribution is -2.51. The second-order valence-electron chi connectivity index (χ2n) is 19.3. The van der Waals surface area contributed by atoms with E-state index < -0.39 is 28.9 Å². The van der Waals surface area contributed by atoms with Gasteiger partial charge in [0.25, 0.3) is 0 Å². The van der Waals surface area contributed by atoms with E-state index in [2.05, 4.69) is 42.0 Å². The van der Waals surface area contributed by atoms with Crippen molar-refractivity contribution in [2.45, 2.75) is 174 Å². The molecule has 5 amide bonds. The molecule has 8 N–H and O–H groups in total. The van der Waals surface area contributed by atoms with Crippen molar-refractivity contribution in [2.75, 3.05) is 13.1 Å². The minimum atomic E-state index is -0.585. The molecule has 0 aromatic heterocycles. The summed E-state index contributed by atoms with van der Waals surface area (Å²) in [5, 5.41) is 11.4. The number of Topliss-reactive ketones (excluding diaryl/α,β-unsaturated/α-hetero) is 3. The first kappa shape index (κ1) is 54.3. The highest BCUT2D eigenvalue weighted by Gasteiger charge is 2.36. The Kier molecular flexibility index (Phi) is 24.3. The summed E-state index contributed by atoms with van der Waals surface area (Å²) in [6, 6.07) is -2.00. The Labute approximate surface area is 323 Å². The average molecular weight is 755 g/mol. The topological polar surface area (TPSA) is 203 Å². The fraction of sp³-hybridized carbons (Fsp3) is 0.854. The molecule has 4 unspecified atom stereocenters. The summed E-state index contributed by atoms with van der Waals surface area (Å²) >= 11 is 0. The minimum absolute atomic E-state index is 0. The molecule has 312 valence electrons. The first-order chi connectivity index (χ1) is 23.3. The Morgan fingerprint density at radius 1 is 0.623 bits per heavy atom. The van der Waals surface area contributed by atoms with Crippen LogP contribution < -0.4 is 32.7 Å².